The Morgan fingerprint density at radius 1 is 1.29 bits per heavy atom. The number of aryl methyl sites for hydroxylation is 2. The molecule has 0 fully saturated rings. The SMILES string of the molecule is CCCc1cc(Cl)c(N)c(CCC)n1. The standard InChI is InChI=1S/C11H17ClN2/c1-3-5-8-7-9(12)11(13)10(14-8)6-4-2/h7H,3-6,13H2,1-2H3. The van der Waals surface area contributed by atoms with Crippen LogP contribution in [0.5, 0.6) is 0 Å². The lowest BCUT2D eigenvalue weighted by molar-refractivity contribution is 0.834. The van der Waals surface area contributed by atoms with E-state index >= 15 is 0 Å². The Labute approximate surface area is 90.5 Å². The van der Waals surface area contributed by atoms with Crippen molar-refractivity contribution < 1.29 is 0 Å². The fraction of sp³-hybridized carbons (Fsp3) is 0.545. The highest BCUT2D eigenvalue weighted by Crippen LogP contribution is 2.23. The number of rotatable bonds is 4. The van der Waals surface area contributed by atoms with Crippen molar-refractivity contribution in [2.45, 2.75) is 39.5 Å². The first kappa shape index (κ1) is 11.3. The highest BCUT2D eigenvalue weighted by Gasteiger charge is 2.07. The van der Waals surface area contributed by atoms with E-state index in [1.54, 1.807) is 0 Å². The van der Waals surface area contributed by atoms with Gasteiger partial charge in [-0.2, -0.15) is 0 Å². The van der Waals surface area contributed by atoms with E-state index in [4.69, 9.17) is 17.3 Å². The zero-order valence-electron chi connectivity index (χ0n) is 8.81. The van der Waals surface area contributed by atoms with E-state index in [2.05, 4.69) is 18.8 Å². The maximum atomic E-state index is 6.03. The quantitative estimate of drug-likeness (QED) is 0.833. The van der Waals surface area contributed by atoms with Gasteiger partial charge in [-0.15, -0.1) is 0 Å². The van der Waals surface area contributed by atoms with Gasteiger partial charge in [0.15, 0.2) is 0 Å². The third-order valence-electron chi connectivity index (χ3n) is 2.13. The number of nitrogens with two attached hydrogens (primary N) is 1. The van der Waals surface area contributed by atoms with E-state index in [-0.39, 0.29) is 0 Å². The molecule has 0 atom stereocenters. The number of nitrogen functional groups attached to an aromatic ring is 1. The van der Waals surface area contributed by atoms with Gasteiger partial charge < -0.3 is 5.73 Å². The van der Waals surface area contributed by atoms with Gasteiger partial charge in [0.2, 0.25) is 0 Å². The molecule has 2 N–H and O–H groups in total. The van der Waals surface area contributed by atoms with Gasteiger partial charge in [0.1, 0.15) is 0 Å². The first-order valence-electron chi connectivity index (χ1n) is 5.12. The fourth-order valence-electron chi connectivity index (χ4n) is 1.44. The number of nitrogens with zero attached hydrogens (tertiary/aromatic N) is 1. The molecule has 0 saturated heterocycles. The normalized spacial score (nSPS) is 10.5. The Kier molecular flexibility index (Phi) is 4.21. The third-order valence-corrected chi connectivity index (χ3v) is 2.45. The van der Waals surface area contributed by atoms with Crippen LogP contribution in [0.15, 0.2) is 6.07 Å². The Bertz CT molecular complexity index is 310. The van der Waals surface area contributed by atoms with Crippen LogP contribution in [0, 0.1) is 0 Å². The second-order valence-corrected chi connectivity index (χ2v) is 3.86. The Morgan fingerprint density at radius 2 is 1.93 bits per heavy atom. The summed E-state index contributed by atoms with van der Waals surface area (Å²) < 4.78 is 0. The number of hydrogen-bond donors (Lipinski definition) is 1. The Morgan fingerprint density at radius 3 is 2.50 bits per heavy atom. The monoisotopic (exact) mass is 212 g/mol. The molecule has 0 aliphatic carbocycles. The molecule has 0 radical (unpaired) electrons. The molecular formula is C11H17ClN2. The molecule has 3 heteroatoms. The minimum absolute atomic E-state index is 0.645. The average molecular weight is 213 g/mol. The molecule has 78 valence electrons. The van der Waals surface area contributed by atoms with Gasteiger partial charge in [-0.05, 0) is 18.9 Å². The molecule has 1 heterocycles. The van der Waals surface area contributed by atoms with Crippen LogP contribution in [0.4, 0.5) is 5.69 Å². The molecule has 0 spiro atoms. The number of hydrogen-bond acceptors (Lipinski definition) is 2. The van der Waals surface area contributed by atoms with Crippen LogP contribution in [0.1, 0.15) is 38.1 Å². The summed E-state index contributed by atoms with van der Waals surface area (Å²) in [6.45, 7) is 4.24. The van der Waals surface area contributed by atoms with Crippen molar-refractivity contribution in [3.8, 4) is 0 Å². The summed E-state index contributed by atoms with van der Waals surface area (Å²) in [4.78, 5) is 4.50. The van der Waals surface area contributed by atoms with Crippen LogP contribution < -0.4 is 5.73 Å². The summed E-state index contributed by atoms with van der Waals surface area (Å²) in [5.74, 6) is 0. The van der Waals surface area contributed by atoms with Crippen molar-refractivity contribution >= 4 is 17.3 Å². The zero-order valence-corrected chi connectivity index (χ0v) is 9.56. The van der Waals surface area contributed by atoms with Gasteiger partial charge in [0, 0.05) is 5.69 Å². The molecule has 0 aromatic carbocycles. The number of anilines is 1. The van der Waals surface area contributed by atoms with Gasteiger partial charge in [-0.3, -0.25) is 4.98 Å². The molecular weight excluding hydrogens is 196 g/mol. The van der Waals surface area contributed by atoms with Crippen LogP contribution in [-0.4, -0.2) is 4.98 Å². The van der Waals surface area contributed by atoms with E-state index in [1.165, 1.54) is 0 Å². The highest BCUT2D eigenvalue weighted by molar-refractivity contribution is 6.33. The summed E-state index contributed by atoms with van der Waals surface area (Å²) >= 11 is 6.03. The summed E-state index contributed by atoms with van der Waals surface area (Å²) in [5.41, 5.74) is 8.48. The molecule has 0 aliphatic heterocycles. The van der Waals surface area contributed by atoms with Gasteiger partial charge in [-0.25, -0.2) is 0 Å². The van der Waals surface area contributed by atoms with Gasteiger partial charge >= 0.3 is 0 Å². The molecule has 1 rings (SSSR count). The molecule has 0 unspecified atom stereocenters. The predicted molar refractivity (Wildman–Crippen MR) is 61.6 cm³/mol. The lowest BCUT2D eigenvalue weighted by Crippen LogP contribution is -2.02. The topological polar surface area (TPSA) is 38.9 Å². The van der Waals surface area contributed by atoms with Crippen molar-refractivity contribution in [1.82, 2.24) is 4.98 Å². The lowest BCUT2D eigenvalue weighted by atomic mass is 10.1. The van der Waals surface area contributed by atoms with Crippen LogP contribution in [0.2, 0.25) is 5.02 Å². The Hall–Kier alpha value is -0.760. The second-order valence-electron chi connectivity index (χ2n) is 3.46. The molecule has 1 aromatic rings. The fourth-order valence-corrected chi connectivity index (χ4v) is 1.67. The smallest absolute Gasteiger partial charge is 0.0722 e. The van der Waals surface area contributed by atoms with Crippen molar-refractivity contribution in [3.63, 3.8) is 0 Å². The van der Waals surface area contributed by atoms with E-state index in [1.807, 2.05) is 6.07 Å². The minimum atomic E-state index is 0.645. The number of halogens is 1. The predicted octanol–water partition coefficient (Wildman–Crippen LogP) is 3.22. The molecule has 1 aromatic heterocycles. The zero-order chi connectivity index (χ0) is 10.6. The van der Waals surface area contributed by atoms with Crippen LogP contribution in [0.3, 0.4) is 0 Å². The van der Waals surface area contributed by atoms with Gasteiger partial charge in [0.05, 0.1) is 16.4 Å². The summed E-state index contributed by atoms with van der Waals surface area (Å²) in [6.07, 6.45) is 4.00. The highest BCUT2D eigenvalue weighted by atomic mass is 35.5. The first-order chi connectivity index (χ1) is 6.69. The van der Waals surface area contributed by atoms with Crippen molar-refractivity contribution in [2.75, 3.05) is 5.73 Å². The van der Waals surface area contributed by atoms with Crippen LogP contribution in [-0.2, 0) is 12.8 Å². The van der Waals surface area contributed by atoms with E-state index in [0.29, 0.717) is 10.7 Å². The molecule has 0 amide bonds. The van der Waals surface area contributed by atoms with Gasteiger partial charge in [-0.1, -0.05) is 38.3 Å². The van der Waals surface area contributed by atoms with Gasteiger partial charge in [0.25, 0.3) is 0 Å². The molecule has 14 heavy (non-hydrogen) atoms. The average Bonchev–Trinajstić information content (AvgIpc) is 2.14. The summed E-state index contributed by atoms with van der Waals surface area (Å²) in [5, 5.41) is 0.645. The van der Waals surface area contributed by atoms with Crippen molar-refractivity contribution in [3.05, 3.63) is 22.5 Å². The van der Waals surface area contributed by atoms with E-state index in [9.17, 15) is 0 Å². The summed E-state index contributed by atoms with van der Waals surface area (Å²) in [6, 6.07) is 1.87. The lowest BCUT2D eigenvalue weighted by Gasteiger charge is -2.08. The maximum absolute atomic E-state index is 6.03. The second kappa shape index (κ2) is 5.20. The minimum Gasteiger partial charge on any atom is -0.396 e. The van der Waals surface area contributed by atoms with E-state index < -0.39 is 0 Å². The maximum Gasteiger partial charge on any atom is 0.0722 e. The molecule has 0 aliphatic rings. The largest absolute Gasteiger partial charge is 0.396 e. The Balaban J connectivity index is 3.01. The summed E-state index contributed by atoms with van der Waals surface area (Å²) in [7, 11) is 0. The molecule has 2 nitrogen and oxygen atoms in total. The van der Waals surface area contributed by atoms with Crippen molar-refractivity contribution in [2.24, 2.45) is 0 Å². The molecule has 0 bridgehead atoms. The van der Waals surface area contributed by atoms with E-state index in [0.717, 1.165) is 37.1 Å². The van der Waals surface area contributed by atoms with Crippen LogP contribution >= 0.6 is 11.6 Å². The third kappa shape index (κ3) is 2.61. The number of aromatic nitrogens is 1. The number of pyridine rings is 1. The van der Waals surface area contributed by atoms with Crippen molar-refractivity contribution in [1.29, 1.82) is 0 Å². The first-order valence-corrected chi connectivity index (χ1v) is 5.50. The molecule has 0 saturated carbocycles. The van der Waals surface area contributed by atoms with Crippen LogP contribution in [0.25, 0.3) is 0 Å².